The fraction of sp³-hybridized carbons (Fsp3) is 0.200. The van der Waals surface area contributed by atoms with E-state index in [9.17, 15) is 12.8 Å². The second-order valence-electron chi connectivity index (χ2n) is 5.01. The summed E-state index contributed by atoms with van der Waals surface area (Å²) in [6.45, 7) is 1.78. The van der Waals surface area contributed by atoms with Crippen LogP contribution in [-0.4, -0.2) is 14.7 Å². The lowest BCUT2D eigenvalue weighted by atomic mass is 9.98. The van der Waals surface area contributed by atoms with E-state index in [1.54, 1.807) is 31.2 Å². The molecule has 3 N–H and O–H groups in total. The molecule has 0 fully saturated rings. The van der Waals surface area contributed by atoms with Gasteiger partial charge in [0.05, 0.1) is 10.9 Å². The fourth-order valence-corrected chi connectivity index (χ4v) is 2.92. The zero-order valence-electron chi connectivity index (χ0n) is 11.8. The number of nitrogens with two attached hydrogens (primary N) is 1. The molecule has 1 unspecified atom stereocenters. The summed E-state index contributed by atoms with van der Waals surface area (Å²) in [7, 11) is -3.31. The summed E-state index contributed by atoms with van der Waals surface area (Å²) in [6.07, 6.45) is 1.14. The van der Waals surface area contributed by atoms with E-state index in [0.29, 0.717) is 11.1 Å². The molecule has 0 saturated heterocycles. The van der Waals surface area contributed by atoms with Crippen LogP contribution in [0.5, 0.6) is 0 Å². The highest BCUT2D eigenvalue weighted by molar-refractivity contribution is 7.90. The molecule has 0 aromatic heterocycles. The van der Waals surface area contributed by atoms with Crippen molar-refractivity contribution in [3.63, 3.8) is 0 Å². The number of halogens is 1. The second-order valence-corrected chi connectivity index (χ2v) is 7.02. The Morgan fingerprint density at radius 3 is 2.43 bits per heavy atom. The third-order valence-corrected chi connectivity index (χ3v) is 4.29. The van der Waals surface area contributed by atoms with Gasteiger partial charge in [0, 0.05) is 6.26 Å². The molecule has 0 spiro atoms. The molecule has 0 aliphatic heterocycles. The molecule has 6 heteroatoms. The average molecular weight is 308 g/mol. The third-order valence-electron chi connectivity index (χ3n) is 3.18. The molecule has 4 nitrogen and oxygen atoms in total. The largest absolute Gasteiger partial charge is 0.271 e. The summed E-state index contributed by atoms with van der Waals surface area (Å²) < 4.78 is 36.8. The van der Waals surface area contributed by atoms with Gasteiger partial charge in [0.15, 0.2) is 9.84 Å². The number of rotatable bonds is 4. The van der Waals surface area contributed by atoms with Gasteiger partial charge in [-0.2, -0.15) is 0 Å². The molecule has 0 bridgehead atoms. The SMILES string of the molecule is Cc1cc(F)cc(C(NN)c2cccc(S(C)(=O)=O)c2)c1. The molecule has 0 saturated carbocycles. The Kier molecular flexibility index (Phi) is 4.41. The minimum absolute atomic E-state index is 0.202. The Bertz CT molecular complexity index is 740. The van der Waals surface area contributed by atoms with E-state index in [1.807, 2.05) is 0 Å². The van der Waals surface area contributed by atoms with Crippen LogP contribution in [0.25, 0.3) is 0 Å². The van der Waals surface area contributed by atoms with Crippen molar-refractivity contribution in [2.45, 2.75) is 17.9 Å². The summed E-state index contributed by atoms with van der Waals surface area (Å²) in [6, 6.07) is 10.6. The highest BCUT2D eigenvalue weighted by Gasteiger charge is 2.16. The summed E-state index contributed by atoms with van der Waals surface area (Å²) in [5.74, 6) is 5.22. The van der Waals surface area contributed by atoms with E-state index in [-0.39, 0.29) is 10.7 Å². The van der Waals surface area contributed by atoms with Crippen LogP contribution in [0.3, 0.4) is 0 Å². The Morgan fingerprint density at radius 1 is 1.14 bits per heavy atom. The molecule has 2 aromatic rings. The molecule has 0 aliphatic rings. The smallest absolute Gasteiger partial charge is 0.175 e. The van der Waals surface area contributed by atoms with Crippen molar-refractivity contribution in [3.8, 4) is 0 Å². The predicted octanol–water partition coefficient (Wildman–Crippen LogP) is 2.09. The van der Waals surface area contributed by atoms with E-state index >= 15 is 0 Å². The molecular formula is C15H17FN2O2S. The lowest BCUT2D eigenvalue weighted by molar-refractivity contribution is 0.597. The molecule has 21 heavy (non-hydrogen) atoms. The van der Waals surface area contributed by atoms with E-state index < -0.39 is 15.9 Å². The maximum absolute atomic E-state index is 13.5. The maximum atomic E-state index is 13.5. The van der Waals surface area contributed by atoms with Crippen molar-refractivity contribution >= 4 is 9.84 Å². The van der Waals surface area contributed by atoms with Gasteiger partial charge >= 0.3 is 0 Å². The molecule has 0 heterocycles. The number of hydrogen-bond acceptors (Lipinski definition) is 4. The average Bonchev–Trinajstić information content (AvgIpc) is 2.38. The van der Waals surface area contributed by atoms with Crippen LogP contribution < -0.4 is 11.3 Å². The molecule has 0 radical (unpaired) electrons. The summed E-state index contributed by atoms with van der Waals surface area (Å²) in [4.78, 5) is 0.202. The topological polar surface area (TPSA) is 72.2 Å². The van der Waals surface area contributed by atoms with Gasteiger partial charge in [-0.15, -0.1) is 0 Å². The minimum Gasteiger partial charge on any atom is -0.271 e. The molecule has 0 amide bonds. The standard InChI is InChI=1S/C15H17FN2O2S/c1-10-6-12(8-13(16)7-10)15(18-17)11-4-3-5-14(9-11)21(2,19)20/h3-9,15,18H,17H2,1-2H3. The number of hydrazine groups is 1. The lowest BCUT2D eigenvalue weighted by Gasteiger charge is -2.18. The van der Waals surface area contributed by atoms with E-state index in [1.165, 1.54) is 18.2 Å². The van der Waals surface area contributed by atoms with Gasteiger partial charge < -0.3 is 0 Å². The van der Waals surface area contributed by atoms with Gasteiger partial charge in [0.25, 0.3) is 0 Å². The van der Waals surface area contributed by atoms with Crippen LogP contribution in [0.2, 0.25) is 0 Å². The fourth-order valence-electron chi connectivity index (χ4n) is 2.24. The maximum Gasteiger partial charge on any atom is 0.175 e. The monoisotopic (exact) mass is 308 g/mol. The Labute approximate surface area is 123 Å². The molecular weight excluding hydrogens is 291 g/mol. The zero-order chi connectivity index (χ0) is 15.6. The first-order valence-electron chi connectivity index (χ1n) is 6.34. The summed E-state index contributed by atoms with van der Waals surface area (Å²) in [5.41, 5.74) is 4.67. The molecule has 2 rings (SSSR count). The number of nitrogens with one attached hydrogen (secondary N) is 1. The van der Waals surface area contributed by atoms with Crippen molar-refractivity contribution in [2.75, 3.05) is 6.26 Å². The summed E-state index contributed by atoms with van der Waals surface area (Å²) >= 11 is 0. The van der Waals surface area contributed by atoms with Crippen LogP contribution in [0, 0.1) is 12.7 Å². The van der Waals surface area contributed by atoms with Gasteiger partial charge in [-0.1, -0.05) is 18.2 Å². The van der Waals surface area contributed by atoms with E-state index in [0.717, 1.165) is 11.8 Å². The van der Waals surface area contributed by atoms with Crippen molar-refractivity contribution in [3.05, 3.63) is 65.0 Å². The van der Waals surface area contributed by atoms with E-state index in [4.69, 9.17) is 5.84 Å². The van der Waals surface area contributed by atoms with Crippen LogP contribution in [0.1, 0.15) is 22.7 Å². The molecule has 112 valence electrons. The van der Waals surface area contributed by atoms with Gasteiger partial charge in [-0.05, 0) is 47.9 Å². The van der Waals surface area contributed by atoms with E-state index in [2.05, 4.69) is 5.43 Å². The van der Waals surface area contributed by atoms with Gasteiger partial charge in [0.1, 0.15) is 5.82 Å². The summed E-state index contributed by atoms with van der Waals surface area (Å²) in [5, 5.41) is 0. The number of hydrogen-bond donors (Lipinski definition) is 2. The van der Waals surface area contributed by atoms with Crippen molar-refractivity contribution < 1.29 is 12.8 Å². The Morgan fingerprint density at radius 2 is 1.86 bits per heavy atom. The number of aryl methyl sites for hydroxylation is 1. The predicted molar refractivity (Wildman–Crippen MR) is 79.9 cm³/mol. The quantitative estimate of drug-likeness (QED) is 0.670. The first kappa shape index (κ1) is 15.6. The van der Waals surface area contributed by atoms with Gasteiger partial charge in [-0.3, -0.25) is 5.84 Å². The Balaban J connectivity index is 2.51. The Hall–Kier alpha value is -1.76. The molecule has 2 aromatic carbocycles. The molecule has 1 atom stereocenters. The molecule has 0 aliphatic carbocycles. The first-order chi connectivity index (χ1) is 9.81. The third kappa shape index (κ3) is 3.66. The lowest BCUT2D eigenvalue weighted by Crippen LogP contribution is -2.29. The van der Waals surface area contributed by atoms with Crippen molar-refractivity contribution in [1.29, 1.82) is 0 Å². The minimum atomic E-state index is -3.31. The van der Waals surface area contributed by atoms with Crippen molar-refractivity contribution in [1.82, 2.24) is 5.43 Å². The normalized spacial score (nSPS) is 13.1. The van der Waals surface area contributed by atoms with Gasteiger partial charge in [0.2, 0.25) is 0 Å². The second kappa shape index (κ2) is 5.93. The van der Waals surface area contributed by atoms with Crippen LogP contribution in [-0.2, 0) is 9.84 Å². The van der Waals surface area contributed by atoms with Crippen LogP contribution in [0.4, 0.5) is 4.39 Å². The van der Waals surface area contributed by atoms with Crippen LogP contribution >= 0.6 is 0 Å². The first-order valence-corrected chi connectivity index (χ1v) is 8.23. The van der Waals surface area contributed by atoms with Crippen LogP contribution in [0.15, 0.2) is 47.4 Å². The number of benzene rings is 2. The number of sulfone groups is 1. The van der Waals surface area contributed by atoms with Crippen molar-refractivity contribution in [2.24, 2.45) is 5.84 Å². The van der Waals surface area contributed by atoms with Gasteiger partial charge in [-0.25, -0.2) is 18.2 Å². The highest BCUT2D eigenvalue weighted by atomic mass is 32.2. The zero-order valence-corrected chi connectivity index (χ0v) is 12.6. The highest BCUT2D eigenvalue weighted by Crippen LogP contribution is 2.25.